The Morgan fingerprint density at radius 2 is 1.95 bits per heavy atom. The highest BCUT2D eigenvalue weighted by atomic mass is 16.1. The lowest BCUT2D eigenvalue weighted by Crippen LogP contribution is -2.44. The SMILES string of the molecule is CCCCC(CN)NC(=O)CC1(CN)CCCCC1. The normalized spacial score (nSPS) is 19.9. The minimum atomic E-state index is 0.0479. The molecule has 0 bridgehead atoms. The Balaban J connectivity index is 2.43. The highest BCUT2D eigenvalue weighted by Crippen LogP contribution is 2.38. The minimum Gasteiger partial charge on any atom is -0.352 e. The number of rotatable bonds is 8. The van der Waals surface area contributed by atoms with E-state index in [0.29, 0.717) is 19.5 Å². The fraction of sp³-hybridized carbons (Fsp3) is 0.933. The minimum absolute atomic E-state index is 0.0479. The summed E-state index contributed by atoms with van der Waals surface area (Å²) in [6.07, 6.45) is 9.70. The average Bonchev–Trinajstić information content (AvgIpc) is 2.44. The van der Waals surface area contributed by atoms with Crippen LogP contribution in [0.5, 0.6) is 0 Å². The summed E-state index contributed by atoms with van der Waals surface area (Å²) in [5.74, 6) is 0.138. The maximum Gasteiger partial charge on any atom is 0.220 e. The van der Waals surface area contributed by atoms with Crippen molar-refractivity contribution in [3.8, 4) is 0 Å². The number of nitrogens with two attached hydrogens (primary N) is 2. The third-order valence-electron chi connectivity index (χ3n) is 4.44. The molecule has 112 valence electrons. The van der Waals surface area contributed by atoms with Crippen molar-refractivity contribution in [3.63, 3.8) is 0 Å². The summed E-state index contributed by atoms with van der Waals surface area (Å²) in [5, 5.41) is 3.09. The van der Waals surface area contributed by atoms with E-state index in [9.17, 15) is 4.79 Å². The van der Waals surface area contributed by atoms with Crippen LogP contribution in [-0.2, 0) is 4.79 Å². The zero-order valence-electron chi connectivity index (χ0n) is 12.4. The van der Waals surface area contributed by atoms with Gasteiger partial charge in [-0.25, -0.2) is 0 Å². The Hall–Kier alpha value is -0.610. The van der Waals surface area contributed by atoms with Gasteiger partial charge in [-0.2, -0.15) is 0 Å². The molecule has 0 aromatic rings. The van der Waals surface area contributed by atoms with Gasteiger partial charge in [0.2, 0.25) is 5.91 Å². The van der Waals surface area contributed by atoms with Gasteiger partial charge in [0.1, 0.15) is 0 Å². The van der Waals surface area contributed by atoms with Gasteiger partial charge in [0.15, 0.2) is 0 Å². The van der Waals surface area contributed by atoms with Crippen molar-refractivity contribution in [3.05, 3.63) is 0 Å². The second kappa shape index (κ2) is 8.54. The maximum atomic E-state index is 12.2. The molecule has 0 aliphatic heterocycles. The lowest BCUT2D eigenvalue weighted by atomic mass is 9.71. The summed E-state index contributed by atoms with van der Waals surface area (Å²) in [4.78, 5) is 12.2. The first-order valence-corrected chi connectivity index (χ1v) is 7.85. The largest absolute Gasteiger partial charge is 0.352 e. The zero-order chi connectivity index (χ0) is 14.1. The van der Waals surface area contributed by atoms with Crippen molar-refractivity contribution in [2.45, 2.75) is 70.8 Å². The van der Waals surface area contributed by atoms with E-state index < -0.39 is 0 Å². The molecular formula is C15H31N3O. The van der Waals surface area contributed by atoms with Gasteiger partial charge < -0.3 is 16.8 Å². The molecule has 4 nitrogen and oxygen atoms in total. The zero-order valence-corrected chi connectivity index (χ0v) is 12.4. The van der Waals surface area contributed by atoms with E-state index in [0.717, 1.165) is 32.1 Å². The molecule has 19 heavy (non-hydrogen) atoms. The van der Waals surface area contributed by atoms with Crippen LogP contribution in [0.15, 0.2) is 0 Å². The number of hydrogen-bond acceptors (Lipinski definition) is 3. The first-order chi connectivity index (χ1) is 9.15. The van der Waals surface area contributed by atoms with E-state index in [1.165, 1.54) is 19.3 Å². The first-order valence-electron chi connectivity index (χ1n) is 7.85. The van der Waals surface area contributed by atoms with Crippen LogP contribution in [0.2, 0.25) is 0 Å². The number of nitrogens with one attached hydrogen (secondary N) is 1. The second-order valence-corrected chi connectivity index (χ2v) is 6.08. The molecule has 1 unspecified atom stereocenters. The van der Waals surface area contributed by atoms with Crippen LogP contribution in [0.1, 0.15) is 64.7 Å². The molecule has 1 aliphatic rings. The van der Waals surface area contributed by atoms with Crippen molar-refractivity contribution in [1.29, 1.82) is 0 Å². The van der Waals surface area contributed by atoms with E-state index >= 15 is 0 Å². The summed E-state index contributed by atoms with van der Waals surface area (Å²) < 4.78 is 0. The number of carbonyl (C=O) groups is 1. The predicted octanol–water partition coefficient (Wildman–Crippen LogP) is 1.92. The Labute approximate surface area is 117 Å². The molecule has 1 aliphatic carbocycles. The lowest BCUT2D eigenvalue weighted by molar-refractivity contribution is -0.124. The molecule has 0 spiro atoms. The summed E-state index contributed by atoms with van der Waals surface area (Å²) in [6.45, 7) is 3.31. The molecule has 4 heteroatoms. The molecule has 1 atom stereocenters. The van der Waals surface area contributed by atoms with Gasteiger partial charge in [-0.3, -0.25) is 4.79 Å². The van der Waals surface area contributed by atoms with Crippen molar-refractivity contribution in [2.24, 2.45) is 16.9 Å². The summed E-state index contributed by atoms with van der Waals surface area (Å²) in [7, 11) is 0. The molecule has 0 aromatic carbocycles. The van der Waals surface area contributed by atoms with Crippen LogP contribution in [0.3, 0.4) is 0 Å². The molecule has 1 rings (SSSR count). The Morgan fingerprint density at radius 1 is 1.26 bits per heavy atom. The van der Waals surface area contributed by atoms with Gasteiger partial charge in [-0.1, -0.05) is 39.0 Å². The monoisotopic (exact) mass is 269 g/mol. The standard InChI is InChI=1S/C15H31N3O/c1-2-3-7-13(11-16)18-14(19)10-15(12-17)8-5-4-6-9-15/h13H,2-12,16-17H2,1H3,(H,18,19). The van der Waals surface area contributed by atoms with E-state index in [1.807, 2.05) is 0 Å². The highest BCUT2D eigenvalue weighted by molar-refractivity contribution is 5.77. The fourth-order valence-electron chi connectivity index (χ4n) is 3.07. The Bertz CT molecular complexity index is 262. The Kier molecular flexibility index (Phi) is 7.39. The molecule has 0 radical (unpaired) electrons. The first kappa shape index (κ1) is 16.4. The number of hydrogen-bond donors (Lipinski definition) is 3. The Morgan fingerprint density at radius 3 is 2.47 bits per heavy atom. The number of carbonyl (C=O) groups excluding carboxylic acids is 1. The van der Waals surface area contributed by atoms with Crippen molar-refractivity contribution >= 4 is 5.91 Å². The van der Waals surface area contributed by atoms with Crippen molar-refractivity contribution in [2.75, 3.05) is 13.1 Å². The van der Waals surface area contributed by atoms with Gasteiger partial charge in [-0.05, 0) is 31.2 Å². The summed E-state index contributed by atoms with van der Waals surface area (Å²) >= 11 is 0. The molecule has 1 amide bonds. The molecular weight excluding hydrogens is 238 g/mol. The molecule has 5 N–H and O–H groups in total. The van der Waals surface area contributed by atoms with Crippen LogP contribution in [0, 0.1) is 5.41 Å². The molecule has 0 heterocycles. The molecule has 0 aromatic heterocycles. The highest BCUT2D eigenvalue weighted by Gasteiger charge is 2.33. The quantitative estimate of drug-likeness (QED) is 0.629. The smallest absolute Gasteiger partial charge is 0.220 e. The van der Waals surface area contributed by atoms with Gasteiger partial charge in [0, 0.05) is 19.0 Å². The third kappa shape index (κ3) is 5.49. The second-order valence-electron chi connectivity index (χ2n) is 6.08. The molecule has 1 fully saturated rings. The predicted molar refractivity (Wildman–Crippen MR) is 79.7 cm³/mol. The van der Waals surface area contributed by atoms with E-state index in [-0.39, 0.29) is 17.4 Å². The van der Waals surface area contributed by atoms with E-state index in [2.05, 4.69) is 12.2 Å². The lowest BCUT2D eigenvalue weighted by Gasteiger charge is -2.36. The number of amides is 1. The van der Waals surface area contributed by atoms with Crippen molar-refractivity contribution in [1.82, 2.24) is 5.32 Å². The maximum absolute atomic E-state index is 12.2. The van der Waals surface area contributed by atoms with Crippen LogP contribution >= 0.6 is 0 Å². The summed E-state index contributed by atoms with van der Waals surface area (Å²) in [6, 6.07) is 0.130. The van der Waals surface area contributed by atoms with Gasteiger partial charge in [-0.15, -0.1) is 0 Å². The van der Waals surface area contributed by atoms with Gasteiger partial charge in [0.05, 0.1) is 0 Å². The van der Waals surface area contributed by atoms with Crippen LogP contribution in [0.25, 0.3) is 0 Å². The molecule has 0 saturated heterocycles. The van der Waals surface area contributed by atoms with Gasteiger partial charge in [0.25, 0.3) is 0 Å². The van der Waals surface area contributed by atoms with Crippen LogP contribution < -0.4 is 16.8 Å². The average molecular weight is 269 g/mol. The van der Waals surface area contributed by atoms with E-state index in [1.54, 1.807) is 0 Å². The topological polar surface area (TPSA) is 81.1 Å². The van der Waals surface area contributed by atoms with Gasteiger partial charge >= 0.3 is 0 Å². The van der Waals surface area contributed by atoms with Crippen LogP contribution in [-0.4, -0.2) is 25.0 Å². The van der Waals surface area contributed by atoms with Crippen molar-refractivity contribution < 1.29 is 4.79 Å². The summed E-state index contributed by atoms with van der Waals surface area (Å²) in [5.41, 5.74) is 11.7. The fourth-order valence-corrected chi connectivity index (χ4v) is 3.07. The third-order valence-corrected chi connectivity index (χ3v) is 4.44. The molecule has 1 saturated carbocycles. The van der Waals surface area contributed by atoms with Crippen LogP contribution in [0.4, 0.5) is 0 Å². The van der Waals surface area contributed by atoms with E-state index in [4.69, 9.17) is 11.5 Å². The number of unbranched alkanes of at least 4 members (excludes halogenated alkanes) is 1.